The minimum atomic E-state index is -2.28. The van der Waals surface area contributed by atoms with Crippen molar-refractivity contribution in [1.82, 2.24) is 0 Å². The number of rotatable bonds is 9. The Morgan fingerprint density at radius 3 is 2.37 bits per heavy atom. The number of aliphatic hydroxyl groups is 4. The van der Waals surface area contributed by atoms with Gasteiger partial charge in [0.25, 0.3) is 0 Å². The molecule has 0 spiro atoms. The summed E-state index contributed by atoms with van der Waals surface area (Å²) in [4.78, 5) is 38.9. The van der Waals surface area contributed by atoms with Crippen molar-refractivity contribution in [2.75, 3.05) is 20.3 Å². The number of hydrogen-bond acceptors (Lipinski definition) is 14. The topological polar surface area (TPSA) is 197 Å². The number of esters is 3. The van der Waals surface area contributed by atoms with Crippen molar-refractivity contribution >= 4 is 17.9 Å². The van der Waals surface area contributed by atoms with Crippen LogP contribution in [0.5, 0.6) is 0 Å². The van der Waals surface area contributed by atoms with Gasteiger partial charge in [-0.2, -0.15) is 0 Å². The molecule has 296 valence electrons. The number of aliphatic hydroxyl groups excluding tert-OH is 3. The number of carbonyl (C=O) groups is 3. The van der Waals surface area contributed by atoms with Crippen LogP contribution in [-0.2, 0) is 47.5 Å². The van der Waals surface area contributed by atoms with Crippen LogP contribution in [0.25, 0.3) is 0 Å². The fourth-order valence-electron chi connectivity index (χ4n) is 7.44. The fourth-order valence-corrected chi connectivity index (χ4v) is 7.44. The summed E-state index contributed by atoms with van der Waals surface area (Å²) < 4.78 is 41.2. The molecule has 6 bridgehead atoms. The van der Waals surface area contributed by atoms with Crippen molar-refractivity contribution in [3.8, 4) is 0 Å². The van der Waals surface area contributed by atoms with E-state index in [1.165, 1.54) is 13.2 Å². The summed E-state index contributed by atoms with van der Waals surface area (Å²) in [5, 5.41) is 44.2. The molecule has 0 aromatic carbocycles. The first-order valence-corrected chi connectivity index (χ1v) is 18.9. The van der Waals surface area contributed by atoms with Crippen LogP contribution >= 0.6 is 0 Å². The summed E-state index contributed by atoms with van der Waals surface area (Å²) in [6.07, 6.45) is 3.30. The van der Waals surface area contributed by atoms with Gasteiger partial charge in [0, 0.05) is 37.2 Å². The Bertz CT molecular complexity index is 1230. The molecule has 0 unspecified atom stereocenters. The highest BCUT2D eigenvalue weighted by atomic mass is 16.7. The predicted molar refractivity (Wildman–Crippen MR) is 185 cm³/mol. The zero-order chi connectivity index (χ0) is 37.9. The molecule has 4 aliphatic heterocycles. The van der Waals surface area contributed by atoms with Crippen LogP contribution in [0.3, 0.4) is 0 Å². The SMILES string of the molecule is CCCCCCCC(=O)O[C@H]1/C(=C/C(=O)OC)C[C@H]2C[C@H](CO)OC(=O)C[C@H](O)C[C@@H]3C[C@@H](O)C[C@H](C[C@@H]4CCO[C@H](/C=C\C(C)(C)[C@]1(O)O2)O4)O3. The molecule has 0 aromatic rings. The quantitative estimate of drug-likeness (QED) is 0.0884. The molecule has 4 rings (SSSR count). The Balaban J connectivity index is 1.68. The van der Waals surface area contributed by atoms with E-state index in [4.69, 9.17) is 33.2 Å². The molecule has 0 aliphatic carbocycles. The zero-order valence-corrected chi connectivity index (χ0v) is 31.1. The van der Waals surface area contributed by atoms with Crippen molar-refractivity contribution in [3.05, 3.63) is 23.8 Å². The number of ether oxygens (including phenoxy) is 7. The van der Waals surface area contributed by atoms with E-state index < -0.39 is 78.6 Å². The van der Waals surface area contributed by atoms with Gasteiger partial charge >= 0.3 is 17.9 Å². The number of fused-ring (bicyclic) bond motifs is 6. The molecule has 0 amide bonds. The molecule has 0 aromatic heterocycles. The first kappa shape index (κ1) is 42.3. The Hall–Kier alpha value is -2.43. The third-order valence-electron chi connectivity index (χ3n) is 10.3. The van der Waals surface area contributed by atoms with Gasteiger partial charge in [-0.1, -0.05) is 52.5 Å². The molecule has 0 radical (unpaired) electrons. The number of cyclic esters (lactones) is 1. The van der Waals surface area contributed by atoms with Crippen LogP contribution in [0.2, 0.25) is 0 Å². The van der Waals surface area contributed by atoms with Crippen LogP contribution in [0.1, 0.15) is 111 Å². The second-order valence-corrected chi connectivity index (χ2v) is 15.1. The van der Waals surface area contributed by atoms with Crippen LogP contribution < -0.4 is 0 Å². The summed E-state index contributed by atoms with van der Waals surface area (Å²) in [6, 6.07) is 0. The van der Waals surface area contributed by atoms with E-state index >= 15 is 0 Å². The maximum Gasteiger partial charge on any atom is 0.330 e. The van der Waals surface area contributed by atoms with Crippen molar-refractivity contribution in [1.29, 1.82) is 0 Å². The summed E-state index contributed by atoms with van der Waals surface area (Å²) in [6.45, 7) is 5.26. The van der Waals surface area contributed by atoms with E-state index in [9.17, 15) is 34.8 Å². The Labute approximate surface area is 306 Å². The molecule has 4 heterocycles. The van der Waals surface area contributed by atoms with Gasteiger partial charge in [-0.15, -0.1) is 0 Å². The number of hydrogen-bond donors (Lipinski definition) is 4. The lowest BCUT2D eigenvalue weighted by Crippen LogP contribution is -2.62. The van der Waals surface area contributed by atoms with E-state index in [0.717, 1.165) is 25.7 Å². The monoisotopic (exact) mass is 740 g/mol. The Morgan fingerprint density at radius 1 is 0.942 bits per heavy atom. The molecule has 4 aliphatic rings. The number of carbonyl (C=O) groups excluding carboxylic acids is 3. The highest BCUT2D eigenvalue weighted by Gasteiger charge is 2.57. The molecule has 0 saturated carbocycles. The van der Waals surface area contributed by atoms with Crippen molar-refractivity contribution in [2.24, 2.45) is 5.41 Å². The normalized spacial score (nSPS) is 37.3. The standard InChI is InChI=1S/C38H60O14/c1-5-6-7-8-9-10-32(42)51-36-24(16-33(43)46-4)15-30-22-31(23-39)49-34(44)20-26(41)19-28-17-25(40)18-29(48-28)21-27-12-14-47-35(50-27)11-13-37(2,3)38(36,45)52-30/h11,13,16,25-31,35-36,39-41,45H,5-10,12,14-15,17-23H2,1-4H3/b13-11-,24-16+/t25-,26-,27+,28+,29-,30+,31-,35+,36+,38-/m1/s1. The lowest BCUT2D eigenvalue weighted by molar-refractivity contribution is -0.327. The van der Waals surface area contributed by atoms with Crippen LogP contribution in [0, 0.1) is 5.41 Å². The van der Waals surface area contributed by atoms with Gasteiger partial charge in [-0.3, -0.25) is 9.59 Å². The minimum Gasteiger partial charge on any atom is -0.466 e. The summed E-state index contributed by atoms with van der Waals surface area (Å²) in [5.74, 6) is -4.34. The van der Waals surface area contributed by atoms with E-state index in [-0.39, 0.29) is 49.9 Å². The molecular weight excluding hydrogens is 680 g/mol. The van der Waals surface area contributed by atoms with Crippen LogP contribution in [-0.4, -0.2) is 120 Å². The number of methoxy groups -OCH3 is 1. The molecule has 14 heteroatoms. The van der Waals surface area contributed by atoms with Gasteiger partial charge in [0.15, 0.2) is 12.4 Å². The van der Waals surface area contributed by atoms with E-state index in [1.807, 2.05) is 0 Å². The lowest BCUT2D eigenvalue weighted by Gasteiger charge is -2.51. The summed E-state index contributed by atoms with van der Waals surface area (Å²) in [5.41, 5.74) is -1.10. The van der Waals surface area contributed by atoms with Gasteiger partial charge in [-0.05, 0) is 43.8 Å². The molecule has 52 heavy (non-hydrogen) atoms. The van der Waals surface area contributed by atoms with Crippen LogP contribution in [0.15, 0.2) is 23.8 Å². The third-order valence-corrected chi connectivity index (χ3v) is 10.3. The van der Waals surface area contributed by atoms with E-state index in [2.05, 4.69) is 6.92 Å². The first-order chi connectivity index (χ1) is 24.7. The number of unbranched alkanes of at least 4 members (excludes halogenated alkanes) is 4. The minimum absolute atomic E-state index is 0.0264. The second-order valence-electron chi connectivity index (χ2n) is 15.1. The molecule has 14 nitrogen and oxygen atoms in total. The highest BCUT2D eigenvalue weighted by Crippen LogP contribution is 2.47. The van der Waals surface area contributed by atoms with E-state index in [1.54, 1.807) is 26.0 Å². The molecular formula is C38H60O14. The highest BCUT2D eigenvalue weighted by molar-refractivity contribution is 5.83. The smallest absolute Gasteiger partial charge is 0.330 e. The average Bonchev–Trinajstić information content (AvgIpc) is 3.07. The summed E-state index contributed by atoms with van der Waals surface area (Å²) >= 11 is 0. The molecule has 3 fully saturated rings. The van der Waals surface area contributed by atoms with Crippen LogP contribution in [0.4, 0.5) is 0 Å². The first-order valence-electron chi connectivity index (χ1n) is 18.9. The largest absolute Gasteiger partial charge is 0.466 e. The molecule has 10 atom stereocenters. The van der Waals surface area contributed by atoms with Crippen molar-refractivity contribution < 1.29 is 68.0 Å². The predicted octanol–water partition coefficient (Wildman–Crippen LogP) is 3.30. The van der Waals surface area contributed by atoms with Crippen molar-refractivity contribution in [2.45, 2.75) is 172 Å². The van der Waals surface area contributed by atoms with Gasteiger partial charge in [0.2, 0.25) is 5.79 Å². The fraction of sp³-hybridized carbons (Fsp3) is 0.816. The third kappa shape index (κ3) is 12.0. The average molecular weight is 741 g/mol. The molecule has 3 saturated heterocycles. The van der Waals surface area contributed by atoms with Gasteiger partial charge < -0.3 is 53.6 Å². The van der Waals surface area contributed by atoms with Gasteiger partial charge in [0.1, 0.15) is 6.10 Å². The molecule has 4 N–H and O–H groups in total. The second kappa shape index (κ2) is 19.8. The Kier molecular flexibility index (Phi) is 16.1. The van der Waals surface area contributed by atoms with Gasteiger partial charge in [-0.25, -0.2) is 4.79 Å². The summed E-state index contributed by atoms with van der Waals surface area (Å²) in [7, 11) is 1.21. The maximum atomic E-state index is 13.3. The lowest BCUT2D eigenvalue weighted by atomic mass is 9.74. The zero-order valence-electron chi connectivity index (χ0n) is 31.1. The van der Waals surface area contributed by atoms with E-state index in [0.29, 0.717) is 38.7 Å². The van der Waals surface area contributed by atoms with Crippen molar-refractivity contribution in [3.63, 3.8) is 0 Å². The Morgan fingerprint density at radius 2 is 1.65 bits per heavy atom. The maximum absolute atomic E-state index is 13.3. The van der Waals surface area contributed by atoms with Gasteiger partial charge in [0.05, 0.1) is 63.4 Å².